The summed E-state index contributed by atoms with van der Waals surface area (Å²) in [4.78, 5) is 44.1. The highest BCUT2D eigenvalue weighted by Crippen LogP contribution is 2.26. The molecule has 2 aromatic heterocycles. The van der Waals surface area contributed by atoms with Gasteiger partial charge in [-0.2, -0.15) is 0 Å². The maximum atomic E-state index is 13.3. The van der Waals surface area contributed by atoms with Crippen molar-refractivity contribution in [3.05, 3.63) is 69.4 Å². The molecule has 0 saturated heterocycles. The predicted molar refractivity (Wildman–Crippen MR) is 126 cm³/mol. The van der Waals surface area contributed by atoms with Crippen molar-refractivity contribution >= 4 is 22.8 Å². The van der Waals surface area contributed by atoms with Crippen molar-refractivity contribution in [2.45, 2.75) is 13.0 Å². The molecule has 10 nitrogen and oxygen atoms in total. The summed E-state index contributed by atoms with van der Waals surface area (Å²) in [6.45, 7) is -0.306. The van der Waals surface area contributed by atoms with Crippen LogP contribution in [0.15, 0.2) is 41.3 Å². The van der Waals surface area contributed by atoms with E-state index in [0.717, 1.165) is 10.1 Å². The number of nitrogens with one attached hydrogen (secondary N) is 1. The Kier molecular flexibility index (Phi) is 8.50. The van der Waals surface area contributed by atoms with Crippen LogP contribution >= 0.6 is 0 Å². The maximum Gasteiger partial charge on any atom is 0.268 e. The number of hydrogen-bond acceptors (Lipinski definition) is 7. The molecule has 0 radical (unpaired) electrons. The number of aliphatic hydroxyl groups excluding tert-OH is 1. The van der Waals surface area contributed by atoms with E-state index in [0.29, 0.717) is 12.0 Å². The van der Waals surface area contributed by atoms with Gasteiger partial charge in [-0.1, -0.05) is 12.1 Å². The van der Waals surface area contributed by atoms with Gasteiger partial charge in [-0.25, -0.2) is 4.39 Å². The summed E-state index contributed by atoms with van der Waals surface area (Å²) in [7, 11) is 3.07. The van der Waals surface area contributed by atoms with Gasteiger partial charge in [-0.05, 0) is 35.7 Å². The van der Waals surface area contributed by atoms with Gasteiger partial charge < -0.3 is 25.2 Å². The van der Waals surface area contributed by atoms with Crippen molar-refractivity contribution in [2.24, 2.45) is 0 Å². The third-order valence-corrected chi connectivity index (χ3v) is 5.24. The predicted octanol–water partition coefficient (Wildman–Crippen LogP) is 0.659. The van der Waals surface area contributed by atoms with Gasteiger partial charge in [0.25, 0.3) is 11.5 Å². The molecule has 2 heterocycles. The molecule has 3 N–H and O–H groups in total. The molecular formula is C24H27FN4O6. The fraction of sp³-hybridized carbons (Fsp3) is 0.333. The number of hydrogen-bond donors (Lipinski definition) is 3. The second-order valence-corrected chi connectivity index (χ2v) is 8.01. The van der Waals surface area contributed by atoms with Crippen LogP contribution in [0.1, 0.15) is 21.5 Å². The quantitative estimate of drug-likeness (QED) is 0.359. The molecule has 1 aromatic carbocycles. The Morgan fingerprint density at radius 2 is 1.89 bits per heavy atom. The van der Waals surface area contributed by atoms with Crippen LogP contribution in [0.5, 0.6) is 5.75 Å². The fourth-order valence-corrected chi connectivity index (χ4v) is 3.41. The van der Waals surface area contributed by atoms with Crippen molar-refractivity contribution in [2.75, 3.05) is 40.5 Å². The number of rotatable bonds is 10. The van der Waals surface area contributed by atoms with Crippen molar-refractivity contribution in [3.8, 4) is 5.75 Å². The first kappa shape index (κ1) is 25.8. The first-order valence-electron chi connectivity index (χ1n) is 10.9. The van der Waals surface area contributed by atoms with E-state index < -0.39 is 28.7 Å². The first-order valence-corrected chi connectivity index (χ1v) is 10.9. The molecule has 186 valence electrons. The van der Waals surface area contributed by atoms with Crippen LogP contribution in [0.4, 0.5) is 4.39 Å². The Balaban J connectivity index is 2.04. The van der Waals surface area contributed by atoms with Crippen LogP contribution < -0.4 is 10.9 Å². The molecular weight excluding hydrogens is 459 g/mol. The summed E-state index contributed by atoms with van der Waals surface area (Å²) >= 11 is 0. The van der Waals surface area contributed by atoms with Crippen LogP contribution in [0.3, 0.4) is 0 Å². The monoisotopic (exact) mass is 486 g/mol. The number of halogens is 1. The second kappa shape index (κ2) is 11.5. The van der Waals surface area contributed by atoms with Gasteiger partial charge in [0.05, 0.1) is 25.3 Å². The standard InChI is InChI=1S/C24H27FN4O6/c1-28(2)19(31)14-29-18-12-16(11-15-3-5-17(25)6-4-15)13-27-21(18)22(32)20(24(29)34)23(33)26-7-9-35-10-8-30/h3-6,12-13,30,32H,7-11,14H2,1-2H3,(H,26,33). The van der Waals surface area contributed by atoms with E-state index in [9.17, 15) is 23.9 Å². The van der Waals surface area contributed by atoms with Gasteiger partial charge in [0, 0.05) is 26.8 Å². The molecule has 35 heavy (non-hydrogen) atoms. The molecule has 0 aliphatic carbocycles. The lowest BCUT2D eigenvalue weighted by Crippen LogP contribution is -2.37. The highest BCUT2D eigenvalue weighted by Gasteiger charge is 2.24. The highest BCUT2D eigenvalue weighted by atomic mass is 19.1. The van der Waals surface area contributed by atoms with E-state index in [-0.39, 0.29) is 49.8 Å². The summed E-state index contributed by atoms with van der Waals surface area (Å²) in [6.07, 6.45) is 1.86. The zero-order valence-electron chi connectivity index (χ0n) is 19.5. The number of aromatic hydroxyl groups is 1. The molecule has 0 unspecified atom stereocenters. The zero-order valence-corrected chi connectivity index (χ0v) is 19.5. The number of aliphatic hydroxyl groups is 1. The minimum absolute atomic E-state index is 0.0132. The summed E-state index contributed by atoms with van der Waals surface area (Å²) in [5, 5.41) is 22.0. The SMILES string of the molecule is CN(C)C(=O)Cn1c(=O)c(C(=O)NCCOCCO)c(O)c2ncc(Cc3ccc(F)cc3)cc21. The highest BCUT2D eigenvalue weighted by molar-refractivity contribution is 6.01. The van der Waals surface area contributed by atoms with E-state index in [1.807, 2.05) is 0 Å². The normalized spacial score (nSPS) is 11.0. The van der Waals surface area contributed by atoms with Crippen molar-refractivity contribution in [3.63, 3.8) is 0 Å². The number of pyridine rings is 2. The van der Waals surface area contributed by atoms with E-state index in [1.165, 1.54) is 37.3 Å². The Bertz CT molecular complexity index is 1270. The van der Waals surface area contributed by atoms with Crippen molar-refractivity contribution < 1.29 is 28.9 Å². The first-order chi connectivity index (χ1) is 16.7. The lowest BCUT2D eigenvalue weighted by Gasteiger charge is -2.17. The largest absolute Gasteiger partial charge is 0.505 e. The number of ether oxygens (including phenoxy) is 1. The van der Waals surface area contributed by atoms with Gasteiger partial charge in [-0.15, -0.1) is 0 Å². The molecule has 3 aromatic rings. The number of nitrogens with zero attached hydrogens (tertiary/aromatic N) is 3. The van der Waals surface area contributed by atoms with Crippen molar-refractivity contribution in [1.82, 2.24) is 19.8 Å². The third kappa shape index (κ3) is 6.19. The number of benzene rings is 1. The summed E-state index contributed by atoms with van der Waals surface area (Å²) in [5.41, 5.74) is 0.247. The molecule has 11 heteroatoms. The second-order valence-electron chi connectivity index (χ2n) is 8.01. The van der Waals surface area contributed by atoms with E-state index in [1.54, 1.807) is 18.2 Å². The molecule has 0 fully saturated rings. The number of fused-ring (bicyclic) bond motifs is 1. The number of likely N-dealkylation sites (N-methyl/N-ethyl adjacent to an activating group) is 1. The Hall–Kier alpha value is -3.83. The Morgan fingerprint density at radius 1 is 1.17 bits per heavy atom. The smallest absolute Gasteiger partial charge is 0.268 e. The van der Waals surface area contributed by atoms with E-state index in [4.69, 9.17) is 9.84 Å². The average Bonchev–Trinajstić information content (AvgIpc) is 2.83. The minimum atomic E-state index is -0.847. The maximum absolute atomic E-state index is 13.3. The number of carbonyl (C=O) groups excluding carboxylic acids is 2. The van der Waals surface area contributed by atoms with Gasteiger partial charge in [-0.3, -0.25) is 23.9 Å². The van der Waals surface area contributed by atoms with E-state index >= 15 is 0 Å². The van der Waals surface area contributed by atoms with Gasteiger partial charge in [0.15, 0.2) is 5.75 Å². The molecule has 0 spiro atoms. The van der Waals surface area contributed by atoms with Crippen LogP contribution in [0.25, 0.3) is 11.0 Å². The van der Waals surface area contributed by atoms with Crippen LogP contribution in [0, 0.1) is 5.82 Å². The molecule has 0 aliphatic heterocycles. The van der Waals surface area contributed by atoms with Crippen LogP contribution in [-0.2, 0) is 22.5 Å². The number of aromatic nitrogens is 2. The van der Waals surface area contributed by atoms with Gasteiger partial charge in [0.2, 0.25) is 5.91 Å². The fourth-order valence-electron chi connectivity index (χ4n) is 3.41. The van der Waals surface area contributed by atoms with Crippen LogP contribution in [-0.4, -0.2) is 76.9 Å². The summed E-state index contributed by atoms with van der Waals surface area (Å²) in [6, 6.07) is 7.52. The summed E-state index contributed by atoms with van der Waals surface area (Å²) in [5.74, 6) is -2.20. The average molecular weight is 487 g/mol. The van der Waals surface area contributed by atoms with E-state index in [2.05, 4.69) is 10.3 Å². The Labute approximate surface area is 200 Å². The topological polar surface area (TPSA) is 134 Å². The zero-order chi connectivity index (χ0) is 25.5. The molecule has 2 amide bonds. The van der Waals surface area contributed by atoms with Crippen molar-refractivity contribution in [1.29, 1.82) is 0 Å². The lowest BCUT2D eigenvalue weighted by molar-refractivity contribution is -0.129. The van der Waals surface area contributed by atoms with Crippen LogP contribution in [0.2, 0.25) is 0 Å². The minimum Gasteiger partial charge on any atom is -0.505 e. The van der Waals surface area contributed by atoms with Gasteiger partial charge >= 0.3 is 0 Å². The number of amides is 2. The summed E-state index contributed by atoms with van der Waals surface area (Å²) < 4.78 is 19.4. The third-order valence-electron chi connectivity index (χ3n) is 5.24. The molecule has 0 aliphatic rings. The molecule has 0 atom stereocenters. The Morgan fingerprint density at radius 3 is 2.54 bits per heavy atom. The molecule has 0 saturated carbocycles. The molecule has 3 rings (SSSR count). The molecule has 0 bridgehead atoms. The lowest BCUT2D eigenvalue weighted by atomic mass is 10.1. The number of carbonyl (C=O) groups is 2. The van der Waals surface area contributed by atoms with Gasteiger partial charge in [0.1, 0.15) is 23.4 Å².